The molecule has 1 unspecified atom stereocenters. The van der Waals surface area contributed by atoms with Crippen LogP contribution in [-0.4, -0.2) is 27.7 Å². The smallest absolute Gasteiger partial charge is 0.222 e. The van der Waals surface area contributed by atoms with Gasteiger partial charge in [0.05, 0.1) is 12.6 Å². The Bertz CT molecular complexity index is 271. The van der Waals surface area contributed by atoms with E-state index < -0.39 is 0 Å². The number of nitrogens with one attached hydrogen (secondary N) is 1. The molecule has 1 aromatic heterocycles. The van der Waals surface area contributed by atoms with Gasteiger partial charge in [-0.3, -0.25) is 0 Å². The molecule has 0 aliphatic rings. The first-order valence-corrected chi connectivity index (χ1v) is 4.79. The van der Waals surface area contributed by atoms with E-state index in [9.17, 15) is 0 Å². The van der Waals surface area contributed by atoms with Gasteiger partial charge in [-0.2, -0.15) is 0 Å². The highest BCUT2D eigenvalue weighted by Crippen LogP contribution is 2.07. The summed E-state index contributed by atoms with van der Waals surface area (Å²) in [6.07, 6.45) is 3.51. The van der Waals surface area contributed by atoms with Crippen molar-refractivity contribution < 1.29 is 5.11 Å². The lowest BCUT2D eigenvalue weighted by Gasteiger charge is -2.19. The number of aliphatic hydroxyl groups is 1. The number of aliphatic hydroxyl groups excluding tert-OH is 1. The SMILES string of the molecule is Cc1cnc(NC(CO)C(C)C)nc1. The molecule has 0 fully saturated rings. The Morgan fingerprint density at radius 1 is 1.36 bits per heavy atom. The summed E-state index contributed by atoms with van der Waals surface area (Å²) in [5.41, 5.74) is 1.03. The highest BCUT2D eigenvalue weighted by atomic mass is 16.3. The van der Waals surface area contributed by atoms with Gasteiger partial charge in [-0.05, 0) is 18.4 Å². The lowest BCUT2D eigenvalue weighted by molar-refractivity contribution is 0.248. The summed E-state index contributed by atoms with van der Waals surface area (Å²) < 4.78 is 0. The molecule has 1 heterocycles. The van der Waals surface area contributed by atoms with Gasteiger partial charge in [-0.1, -0.05) is 13.8 Å². The second kappa shape index (κ2) is 4.91. The number of hydrogen-bond donors (Lipinski definition) is 2. The molecule has 0 bridgehead atoms. The fourth-order valence-corrected chi connectivity index (χ4v) is 1.06. The second-order valence-corrected chi connectivity index (χ2v) is 3.76. The van der Waals surface area contributed by atoms with E-state index in [2.05, 4.69) is 15.3 Å². The zero-order valence-electron chi connectivity index (χ0n) is 8.86. The minimum atomic E-state index is 0.0118. The van der Waals surface area contributed by atoms with Crippen LogP contribution in [0.4, 0.5) is 5.95 Å². The Morgan fingerprint density at radius 2 is 1.93 bits per heavy atom. The molecule has 78 valence electrons. The van der Waals surface area contributed by atoms with Crippen LogP contribution >= 0.6 is 0 Å². The van der Waals surface area contributed by atoms with E-state index in [1.807, 2.05) is 20.8 Å². The van der Waals surface area contributed by atoms with Gasteiger partial charge in [0.15, 0.2) is 0 Å². The van der Waals surface area contributed by atoms with E-state index in [1.54, 1.807) is 12.4 Å². The van der Waals surface area contributed by atoms with Crippen molar-refractivity contribution in [2.24, 2.45) is 5.92 Å². The number of aryl methyl sites for hydroxylation is 1. The molecular formula is C10H17N3O. The van der Waals surface area contributed by atoms with E-state index in [4.69, 9.17) is 5.11 Å². The number of nitrogens with zero attached hydrogens (tertiary/aromatic N) is 2. The van der Waals surface area contributed by atoms with Gasteiger partial charge in [0.25, 0.3) is 0 Å². The van der Waals surface area contributed by atoms with Crippen LogP contribution in [0.25, 0.3) is 0 Å². The van der Waals surface area contributed by atoms with Crippen LogP contribution in [0.1, 0.15) is 19.4 Å². The predicted molar refractivity (Wildman–Crippen MR) is 56.1 cm³/mol. The van der Waals surface area contributed by atoms with Crippen molar-refractivity contribution in [1.82, 2.24) is 9.97 Å². The topological polar surface area (TPSA) is 58.0 Å². The summed E-state index contributed by atoms with van der Waals surface area (Å²) in [5.74, 6) is 0.924. The molecule has 0 aromatic carbocycles. The second-order valence-electron chi connectivity index (χ2n) is 3.76. The Kier molecular flexibility index (Phi) is 3.83. The van der Waals surface area contributed by atoms with Crippen LogP contribution in [-0.2, 0) is 0 Å². The van der Waals surface area contributed by atoms with Crippen LogP contribution in [0.3, 0.4) is 0 Å². The Labute approximate surface area is 84.4 Å². The molecule has 1 aromatic rings. The number of rotatable bonds is 4. The molecule has 0 saturated carbocycles. The molecule has 0 spiro atoms. The normalized spacial score (nSPS) is 12.9. The number of hydrogen-bond acceptors (Lipinski definition) is 4. The summed E-state index contributed by atoms with van der Waals surface area (Å²) in [6, 6.07) is 0.0118. The maximum Gasteiger partial charge on any atom is 0.222 e. The average molecular weight is 195 g/mol. The largest absolute Gasteiger partial charge is 0.394 e. The van der Waals surface area contributed by atoms with Gasteiger partial charge in [-0.25, -0.2) is 9.97 Å². The van der Waals surface area contributed by atoms with Gasteiger partial charge < -0.3 is 10.4 Å². The molecule has 14 heavy (non-hydrogen) atoms. The molecule has 0 aliphatic heterocycles. The third kappa shape index (κ3) is 2.96. The lowest BCUT2D eigenvalue weighted by atomic mass is 10.1. The summed E-state index contributed by atoms with van der Waals surface area (Å²) in [7, 11) is 0. The first-order chi connectivity index (χ1) is 6.63. The zero-order chi connectivity index (χ0) is 10.6. The zero-order valence-corrected chi connectivity index (χ0v) is 8.86. The summed E-state index contributed by atoms with van der Waals surface area (Å²) in [4.78, 5) is 8.23. The minimum Gasteiger partial charge on any atom is -0.394 e. The Balaban J connectivity index is 2.63. The van der Waals surface area contributed by atoms with Crippen LogP contribution in [0.15, 0.2) is 12.4 Å². The lowest BCUT2D eigenvalue weighted by Crippen LogP contribution is -2.30. The molecule has 4 heteroatoms. The van der Waals surface area contributed by atoms with Crippen molar-refractivity contribution in [3.8, 4) is 0 Å². The Hall–Kier alpha value is -1.16. The van der Waals surface area contributed by atoms with Crippen LogP contribution < -0.4 is 5.32 Å². The maximum atomic E-state index is 9.09. The van der Waals surface area contributed by atoms with Crippen molar-refractivity contribution in [3.63, 3.8) is 0 Å². The summed E-state index contributed by atoms with van der Waals surface area (Å²) >= 11 is 0. The molecule has 1 atom stereocenters. The van der Waals surface area contributed by atoms with Gasteiger partial charge in [0.1, 0.15) is 0 Å². The first kappa shape index (κ1) is 10.9. The van der Waals surface area contributed by atoms with Crippen molar-refractivity contribution >= 4 is 5.95 Å². The van der Waals surface area contributed by atoms with Gasteiger partial charge in [0.2, 0.25) is 5.95 Å². The standard InChI is InChI=1S/C10H17N3O/c1-7(2)9(6-14)13-10-11-4-8(3)5-12-10/h4-5,7,9,14H,6H2,1-3H3,(H,11,12,13). The number of anilines is 1. The van der Waals surface area contributed by atoms with E-state index in [0.717, 1.165) is 5.56 Å². The molecule has 0 saturated heterocycles. The quantitative estimate of drug-likeness (QED) is 0.758. The first-order valence-electron chi connectivity index (χ1n) is 4.79. The van der Waals surface area contributed by atoms with E-state index in [1.165, 1.54) is 0 Å². The predicted octanol–water partition coefficient (Wildman–Crippen LogP) is 1.21. The van der Waals surface area contributed by atoms with Crippen molar-refractivity contribution in [3.05, 3.63) is 18.0 Å². The van der Waals surface area contributed by atoms with Crippen LogP contribution in [0, 0.1) is 12.8 Å². The van der Waals surface area contributed by atoms with E-state index in [0.29, 0.717) is 11.9 Å². The fourth-order valence-electron chi connectivity index (χ4n) is 1.06. The van der Waals surface area contributed by atoms with Crippen molar-refractivity contribution in [2.45, 2.75) is 26.8 Å². The van der Waals surface area contributed by atoms with Gasteiger partial charge in [-0.15, -0.1) is 0 Å². The molecule has 2 N–H and O–H groups in total. The van der Waals surface area contributed by atoms with E-state index in [-0.39, 0.29) is 12.6 Å². The minimum absolute atomic E-state index is 0.0118. The molecule has 4 nitrogen and oxygen atoms in total. The molecule has 0 amide bonds. The maximum absolute atomic E-state index is 9.09. The molecule has 0 radical (unpaired) electrons. The van der Waals surface area contributed by atoms with Crippen molar-refractivity contribution in [2.75, 3.05) is 11.9 Å². The third-order valence-corrected chi connectivity index (χ3v) is 2.10. The van der Waals surface area contributed by atoms with Crippen LogP contribution in [0.5, 0.6) is 0 Å². The highest BCUT2D eigenvalue weighted by molar-refractivity contribution is 5.26. The molecule has 1 rings (SSSR count). The van der Waals surface area contributed by atoms with Gasteiger partial charge in [0, 0.05) is 12.4 Å². The molecular weight excluding hydrogens is 178 g/mol. The highest BCUT2D eigenvalue weighted by Gasteiger charge is 2.12. The van der Waals surface area contributed by atoms with Crippen LogP contribution in [0.2, 0.25) is 0 Å². The molecule has 0 aliphatic carbocycles. The summed E-state index contributed by atoms with van der Waals surface area (Å²) in [5, 5.41) is 12.2. The fraction of sp³-hybridized carbons (Fsp3) is 0.600. The monoisotopic (exact) mass is 195 g/mol. The van der Waals surface area contributed by atoms with E-state index >= 15 is 0 Å². The Morgan fingerprint density at radius 3 is 2.36 bits per heavy atom. The number of aromatic nitrogens is 2. The van der Waals surface area contributed by atoms with Gasteiger partial charge >= 0.3 is 0 Å². The third-order valence-electron chi connectivity index (χ3n) is 2.10. The summed E-state index contributed by atoms with van der Waals surface area (Å²) in [6.45, 7) is 6.12. The van der Waals surface area contributed by atoms with Crippen molar-refractivity contribution in [1.29, 1.82) is 0 Å². The average Bonchev–Trinajstić information content (AvgIpc) is 2.16.